The van der Waals surface area contributed by atoms with Gasteiger partial charge >= 0.3 is 6.18 Å². The molecule has 0 radical (unpaired) electrons. The first-order valence-electron chi connectivity index (χ1n) is 7.62. The summed E-state index contributed by atoms with van der Waals surface area (Å²) in [6, 6.07) is 3.79. The molecule has 4 rings (SSSR count). The average Bonchev–Trinajstić information content (AvgIpc) is 3.01. The molecule has 0 heterocycles. The van der Waals surface area contributed by atoms with E-state index < -0.39 is 11.7 Å². The maximum Gasteiger partial charge on any atom is 0.418 e. The molecule has 2 nitrogen and oxygen atoms in total. The number of allylic oxidation sites excluding steroid dienone is 5. The van der Waals surface area contributed by atoms with Gasteiger partial charge in [0.05, 0.1) is 16.7 Å². The van der Waals surface area contributed by atoms with Crippen LogP contribution in [0.15, 0.2) is 54.3 Å². The minimum atomic E-state index is -4.49. The van der Waals surface area contributed by atoms with Crippen LogP contribution in [0.4, 0.5) is 18.9 Å². The van der Waals surface area contributed by atoms with Crippen LogP contribution in [0.1, 0.15) is 18.4 Å². The van der Waals surface area contributed by atoms with Crippen molar-refractivity contribution in [2.24, 2.45) is 17.3 Å². The van der Waals surface area contributed by atoms with E-state index in [0.29, 0.717) is 11.8 Å². The first kappa shape index (κ1) is 14.4. The van der Waals surface area contributed by atoms with Crippen LogP contribution in [0, 0.1) is 17.3 Å². The van der Waals surface area contributed by atoms with Crippen molar-refractivity contribution in [1.29, 1.82) is 0 Å². The number of anilines is 1. The van der Waals surface area contributed by atoms with Crippen LogP contribution < -0.4 is 10.5 Å². The van der Waals surface area contributed by atoms with Crippen LogP contribution in [-0.2, 0) is 6.18 Å². The highest BCUT2D eigenvalue weighted by Gasteiger charge is 2.53. The Morgan fingerprint density at radius 3 is 2.83 bits per heavy atom. The lowest BCUT2D eigenvalue weighted by atomic mass is 9.74. The summed E-state index contributed by atoms with van der Waals surface area (Å²) >= 11 is 0. The predicted octanol–water partition coefficient (Wildman–Crippen LogP) is 4.70. The van der Waals surface area contributed by atoms with E-state index in [9.17, 15) is 13.2 Å². The normalized spacial score (nSPS) is 31.2. The first-order valence-corrected chi connectivity index (χ1v) is 7.62. The average molecular weight is 319 g/mol. The Bertz CT molecular complexity index is 747. The Labute approximate surface area is 132 Å². The molecule has 1 spiro atoms. The number of hydrogen-bond donors (Lipinski definition) is 1. The van der Waals surface area contributed by atoms with Crippen LogP contribution in [0.25, 0.3) is 0 Å². The molecule has 0 amide bonds. The van der Waals surface area contributed by atoms with Gasteiger partial charge in [-0.3, -0.25) is 0 Å². The molecule has 3 aliphatic rings. The SMILES string of the molecule is Nc1c(OC2=CC3CC4C=CC=CC24C3)cccc1C(F)(F)F. The van der Waals surface area contributed by atoms with E-state index in [1.165, 1.54) is 12.1 Å². The summed E-state index contributed by atoms with van der Waals surface area (Å²) in [4.78, 5) is 0. The summed E-state index contributed by atoms with van der Waals surface area (Å²) in [7, 11) is 0. The third-order valence-electron chi connectivity index (χ3n) is 5.10. The van der Waals surface area contributed by atoms with E-state index in [-0.39, 0.29) is 16.9 Å². The van der Waals surface area contributed by atoms with Gasteiger partial charge in [0.2, 0.25) is 0 Å². The fraction of sp³-hybridized carbons (Fsp3) is 0.333. The summed E-state index contributed by atoms with van der Waals surface area (Å²) in [5, 5.41) is 0. The van der Waals surface area contributed by atoms with Gasteiger partial charge < -0.3 is 10.5 Å². The highest BCUT2D eigenvalue weighted by Crippen LogP contribution is 2.60. The lowest BCUT2D eigenvalue weighted by Crippen LogP contribution is -2.28. The van der Waals surface area contributed by atoms with Crippen molar-refractivity contribution in [3.8, 4) is 5.75 Å². The molecule has 3 atom stereocenters. The molecule has 23 heavy (non-hydrogen) atoms. The number of para-hydroxylation sites is 1. The maximum absolute atomic E-state index is 13.0. The molecule has 1 fully saturated rings. The molecule has 120 valence electrons. The topological polar surface area (TPSA) is 35.2 Å². The molecule has 3 unspecified atom stereocenters. The fourth-order valence-electron chi connectivity index (χ4n) is 4.06. The molecule has 1 aromatic rings. The second-order valence-electron chi connectivity index (χ2n) is 6.44. The number of rotatable bonds is 2. The van der Waals surface area contributed by atoms with Crippen molar-refractivity contribution < 1.29 is 17.9 Å². The third kappa shape index (κ3) is 2.10. The quantitative estimate of drug-likeness (QED) is 0.802. The predicted molar refractivity (Wildman–Crippen MR) is 81.5 cm³/mol. The van der Waals surface area contributed by atoms with Gasteiger partial charge in [-0.05, 0) is 42.9 Å². The van der Waals surface area contributed by atoms with Gasteiger partial charge in [0.1, 0.15) is 11.5 Å². The summed E-state index contributed by atoms with van der Waals surface area (Å²) in [6.07, 6.45) is 7.84. The molecule has 2 N–H and O–H groups in total. The molecule has 1 aromatic carbocycles. The molecule has 1 saturated carbocycles. The highest BCUT2D eigenvalue weighted by atomic mass is 19.4. The lowest BCUT2D eigenvalue weighted by molar-refractivity contribution is -0.137. The van der Waals surface area contributed by atoms with Gasteiger partial charge in [-0.15, -0.1) is 0 Å². The van der Waals surface area contributed by atoms with E-state index in [0.717, 1.165) is 24.7 Å². The standard InChI is InChI=1S/C18H16F3NO/c19-18(20,21)13-5-3-6-14(16(13)22)23-15-9-11-8-12-4-1-2-7-17(12,15)10-11/h1-7,9,11-12H,8,10,22H2. The lowest BCUT2D eigenvalue weighted by Gasteiger charge is -2.34. The van der Waals surface area contributed by atoms with E-state index in [4.69, 9.17) is 10.5 Å². The van der Waals surface area contributed by atoms with Crippen LogP contribution in [-0.4, -0.2) is 0 Å². The van der Waals surface area contributed by atoms with Crippen LogP contribution >= 0.6 is 0 Å². The number of fused-ring (bicyclic) bond motifs is 1. The molecular weight excluding hydrogens is 303 g/mol. The molecule has 0 aliphatic heterocycles. The minimum Gasteiger partial charge on any atom is -0.459 e. The zero-order chi connectivity index (χ0) is 16.2. The Balaban J connectivity index is 1.69. The van der Waals surface area contributed by atoms with Crippen molar-refractivity contribution in [1.82, 2.24) is 0 Å². The van der Waals surface area contributed by atoms with Crippen molar-refractivity contribution in [3.05, 3.63) is 59.9 Å². The van der Waals surface area contributed by atoms with Crippen molar-refractivity contribution >= 4 is 5.69 Å². The minimum absolute atomic E-state index is 0.0784. The Morgan fingerprint density at radius 1 is 1.22 bits per heavy atom. The van der Waals surface area contributed by atoms with E-state index in [1.54, 1.807) is 0 Å². The van der Waals surface area contributed by atoms with E-state index >= 15 is 0 Å². The third-order valence-corrected chi connectivity index (χ3v) is 5.10. The Kier molecular flexibility index (Phi) is 2.92. The zero-order valence-corrected chi connectivity index (χ0v) is 12.3. The second-order valence-corrected chi connectivity index (χ2v) is 6.44. The van der Waals surface area contributed by atoms with Crippen molar-refractivity contribution in [2.45, 2.75) is 19.0 Å². The number of ether oxygens (including phenoxy) is 1. The summed E-state index contributed by atoms with van der Waals surface area (Å²) in [5.74, 6) is 1.57. The molecular formula is C18H16F3NO. The van der Waals surface area contributed by atoms with Crippen LogP contribution in [0.3, 0.4) is 0 Å². The number of hydrogen-bond acceptors (Lipinski definition) is 2. The molecule has 3 aliphatic carbocycles. The molecule has 2 bridgehead atoms. The van der Waals surface area contributed by atoms with Gasteiger partial charge in [-0.2, -0.15) is 13.2 Å². The van der Waals surface area contributed by atoms with E-state index in [1.807, 2.05) is 18.2 Å². The Hall–Kier alpha value is -2.17. The number of nitrogen functional groups attached to an aromatic ring is 1. The van der Waals surface area contributed by atoms with Gasteiger partial charge in [-0.25, -0.2) is 0 Å². The molecule has 5 heteroatoms. The highest BCUT2D eigenvalue weighted by molar-refractivity contribution is 5.60. The second kappa shape index (κ2) is 4.66. The smallest absolute Gasteiger partial charge is 0.418 e. The van der Waals surface area contributed by atoms with Gasteiger partial charge in [0, 0.05) is 0 Å². The number of halogens is 3. The summed E-state index contributed by atoms with van der Waals surface area (Å²) in [5.41, 5.74) is 4.28. The zero-order valence-electron chi connectivity index (χ0n) is 12.3. The van der Waals surface area contributed by atoms with Gasteiger partial charge in [-0.1, -0.05) is 30.4 Å². The largest absolute Gasteiger partial charge is 0.459 e. The van der Waals surface area contributed by atoms with Crippen LogP contribution in [0.2, 0.25) is 0 Å². The number of alkyl halides is 3. The number of benzene rings is 1. The van der Waals surface area contributed by atoms with Crippen LogP contribution in [0.5, 0.6) is 5.75 Å². The fourth-order valence-corrected chi connectivity index (χ4v) is 4.06. The first-order chi connectivity index (χ1) is 10.9. The van der Waals surface area contributed by atoms with Crippen molar-refractivity contribution in [3.63, 3.8) is 0 Å². The molecule has 0 saturated heterocycles. The maximum atomic E-state index is 13.0. The van der Waals surface area contributed by atoms with Gasteiger partial charge in [0.15, 0.2) is 0 Å². The van der Waals surface area contributed by atoms with E-state index in [2.05, 4.69) is 12.2 Å². The summed E-state index contributed by atoms with van der Waals surface area (Å²) in [6.45, 7) is 0. The Morgan fingerprint density at radius 2 is 2.04 bits per heavy atom. The van der Waals surface area contributed by atoms with Crippen molar-refractivity contribution in [2.75, 3.05) is 5.73 Å². The molecule has 0 aromatic heterocycles. The van der Waals surface area contributed by atoms with Gasteiger partial charge in [0.25, 0.3) is 0 Å². The number of nitrogens with two attached hydrogens (primary N) is 1. The summed E-state index contributed by atoms with van der Waals surface area (Å²) < 4.78 is 44.9. The monoisotopic (exact) mass is 319 g/mol.